The summed E-state index contributed by atoms with van der Waals surface area (Å²) in [7, 11) is 0. The Morgan fingerprint density at radius 3 is 2.85 bits per heavy atom. The van der Waals surface area contributed by atoms with Crippen LogP contribution in [0.25, 0.3) is 16.6 Å². The topological polar surface area (TPSA) is 91.1 Å². The van der Waals surface area contributed by atoms with Crippen molar-refractivity contribution in [3.05, 3.63) is 59.4 Å². The summed E-state index contributed by atoms with van der Waals surface area (Å²) >= 11 is 0. The molecule has 27 heavy (non-hydrogen) atoms. The average molecular weight is 409 g/mol. The number of hydrogen-bond acceptors (Lipinski definition) is 5. The zero-order chi connectivity index (χ0) is 17.2. The van der Waals surface area contributed by atoms with E-state index in [0.29, 0.717) is 12.2 Å². The first kappa shape index (κ1) is 21.1. The SMILES string of the molecule is C[C@H](Cc1c[nH]c2ccccc12)NCc1cc(CO)cn2nnnc12.Cl.Cl. The lowest BCUT2D eigenvalue weighted by Gasteiger charge is -2.14. The second-order valence-corrected chi connectivity index (χ2v) is 6.32. The minimum absolute atomic E-state index is 0. The van der Waals surface area contributed by atoms with Crippen molar-refractivity contribution in [1.82, 2.24) is 30.3 Å². The van der Waals surface area contributed by atoms with E-state index in [0.717, 1.165) is 23.1 Å². The number of hydrogen-bond donors (Lipinski definition) is 3. The number of H-pyrrole nitrogens is 1. The second-order valence-electron chi connectivity index (χ2n) is 6.32. The number of rotatable bonds is 6. The van der Waals surface area contributed by atoms with Crippen molar-refractivity contribution < 1.29 is 5.11 Å². The smallest absolute Gasteiger partial charge is 0.183 e. The molecule has 0 amide bonds. The normalized spacial score (nSPS) is 11.9. The van der Waals surface area contributed by atoms with Crippen LogP contribution in [0.15, 0.2) is 42.7 Å². The van der Waals surface area contributed by atoms with Gasteiger partial charge in [-0.25, -0.2) is 0 Å². The van der Waals surface area contributed by atoms with Crippen molar-refractivity contribution in [2.45, 2.75) is 32.5 Å². The average Bonchev–Trinajstić information content (AvgIpc) is 3.26. The van der Waals surface area contributed by atoms with Gasteiger partial charge in [0, 0.05) is 41.4 Å². The molecule has 0 spiro atoms. The number of benzene rings is 1. The molecule has 0 saturated heterocycles. The number of pyridine rings is 1. The van der Waals surface area contributed by atoms with Crippen molar-refractivity contribution in [3.63, 3.8) is 0 Å². The number of aromatic amines is 1. The van der Waals surface area contributed by atoms with Gasteiger partial charge in [0.2, 0.25) is 0 Å². The van der Waals surface area contributed by atoms with Crippen molar-refractivity contribution in [1.29, 1.82) is 0 Å². The maximum Gasteiger partial charge on any atom is 0.183 e. The Balaban J connectivity index is 0.00000131. The van der Waals surface area contributed by atoms with E-state index in [-0.39, 0.29) is 37.5 Å². The predicted molar refractivity (Wildman–Crippen MR) is 110 cm³/mol. The Kier molecular flexibility index (Phi) is 7.15. The summed E-state index contributed by atoms with van der Waals surface area (Å²) in [6.07, 6.45) is 4.75. The Bertz CT molecular complexity index is 1020. The van der Waals surface area contributed by atoms with E-state index in [1.165, 1.54) is 10.9 Å². The van der Waals surface area contributed by atoms with E-state index < -0.39 is 0 Å². The lowest BCUT2D eigenvalue weighted by molar-refractivity contribution is 0.281. The van der Waals surface area contributed by atoms with Gasteiger partial charge in [-0.3, -0.25) is 0 Å². The summed E-state index contributed by atoms with van der Waals surface area (Å²) < 4.78 is 1.60. The quantitative estimate of drug-likeness (QED) is 0.456. The van der Waals surface area contributed by atoms with E-state index >= 15 is 0 Å². The highest BCUT2D eigenvalue weighted by atomic mass is 35.5. The third-order valence-corrected chi connectivity index (χ3v) is 4.45. The van der Waals surface area contributed by atoms with Crippen LogP contribution in [0.4, 0.5) is 0 Å². The minimum Gasteiger partial charge on any atom is -0.392 e. The highest BCUT2D eigenvalue weighted by Gasteiger charge is 2.11. The van der Waals surface area contributed by atoms with E-state index in [1.54, 1.807) is 10.7 Å². The molecular weight excluding hydrogens is 387 g/mol. The number of aromatic nitrogens is 5. The number of nitrogens with zero attached hydrogens (tertiary/aromatic N) is 4. The van der Waals surface area contributed by atoms with Crippen LogP contribution < -0.4 is 5.32 Å². The van der Waals surface area contributed by atoms with Crippen LogP contribution in [0.2, 0.25) is 0 Å². The van der Waals surface area contributed by atoms with Gasteiger partial charge in [0.15, 0.2) is 5.65 Å². The summed E-state index contributed by atoms with van der Waals surface area (Å²) in [4.78, 5) is 3.32. The van der Waals surface area contributed by atoms with Gasteiger partial charge in [-0.1, -0.05) is 18.2 Å². The molecule has 1 atom stereocenters. The molecule has 3 N–H and O–H groups in total. The van der Waals surface area contributed by atoms with E-state index in [4.69, 9.17) is 0 Å². The van der Waals surface area contributed by atoms with Gasteiger partial charge >= 0.3 is 0 Å². The Hall–Kier alpha value is -2.19. The highest BCUT2D eigenvalue weighted by molar-refractivity contribution is 5.85. The van der Waals surface area contributed by atoms with Crippen LogP contribution in [0.5, 0.6) is 0 Å². The number of halogens is 2. The lowest BCUT2D eigenvalue weighted by Crippen LogP contribution is -2.27. The second kappa shape index (κ2) is 9.14. The molecule has 0 unspecified atom stereocenters. The molecule has 0 bridgehead atoms. The van der Waals surface area contributed by atoms with Gasteiger partial charge in [-0.05, 0) is 47.0 Å². The number of tetrazole rings is 1. The van der Waals surface area contributed by atoms with Crippen LogP contribution in [0.1, 0.15) is 23.6 Å². The maximum atomic E-state index is 9.40. The summed E-state index contributed by atoms with van der Waals surface area (Å²) in [6, 6.07) is 10.6. The van der Waals surface area contributed by atoms with Gasteiger partial charge in [-0.15, -0.1) is 29.9 Å². The lowest BCUT2D eigenvalue weighted by atomic mass is 10.1. The molecule has 0 saturated carbocycles. The number of nitrogens with one attached hydrogen (secondary N) is 2. The minimum atomic E-state index is -0.0340. The van der Waals surface area contributed by atoms with Gasteiger partial charge in [0.05, 0.1) is 6.61 Å². The zero-order valence-corrected chi connectivity index (χ0v) is 16.4. The molecule has 144 valence electrons. The number of aliphatic hydroxyl groups is 1. The first-order valence-corrected chi connectivity index (χ1v) is 8.33. The molecule has 9 heteroatoms. The van der Waals surface area contributed by atoms with Crippen molar-refractivity contribution >= 4 is 41.4 Å². The van der Waals surface area contributed by atoms with E-state index in [1.807, 2.05) is 12.1 Å². The van der Waals surface area contributed by atoms with Gasteiger partial charge in [-0.2, -0.15) is 4.52 Å². The maximum absolute atomic E-state index is 9.40. The fourth-order valence-corrected chi connectivity index (χ4v) is 3.18. The standard InChI is InChI=1S/C18H20N6O.2ClH/c1-12(6-14-8-20-17-5-3-2-4-16(14)17)19-9-15-7-13(11-25)10-24-18(15)21-22-23-24;;/h2-5,7-8,10,12,19-20,25H,6,9,11H2,1H3;2*1H/t12-;;/m1../s1. The summed E-state index contributed by atoms with van der Waals surface area (Å²) in [6.45, 7) is 2.77. The van der Waals surface area contributed by atoms with Crippen molar-refractivity contribution in [2.75, 3.05) is 0 Å². The zero-order valence-electron chi connectivity index (χ0n) is 14.8. The molecule has 0 radical (unpaired) electrons. The molecule has 0 fully saturated rings. The third kappa shape index (κ3) is 4.39. The Morgan fingerprint density at radius 1 is 1.22 bits per heavy atom. The predicted octanol–water partition coefficient (Wildman–Crippen LogP) is 2.66. The molecule has 1 aromatic carbocycles. The molecule has 7 nitrogen and oxygen atoms in total. The van der Waals surface area contributed by atoms with Crippen LogP contribution in [-0.4, -0.2) is 36.2 Å². The first-order chi connectivity index (χ1) is 12.2. The molecule has 4 rings (SSSR count). The number of aliphatic hydroxyl groups excluding tert-OH is 1. The summed E-state index contributed by atoms with van der Waals surface area (Å²) in [5.41, 5.74) is 4.94. The number of fused-ring (bicyclic) bond motifs is 2. The van der Waals surface area contributed by atoms with Gasteiger partial charge < -0.3 is 15.4 Å². The van der Waals surface area contributed by atoms with Crippen LogP contribution >= 0.6 is 24.8 Å². The summed E-state index contributed by atoms with van der Waals surface area (Å²) in [5.74, 6) is 0. The molecule has 0 aliphatic rings. The molecule has 0 aliphatic heterocycles. The van der Waals surface area contributed by atoms with Crippen LogP contribution in [0, 0.1) is 0 Å². The van der Waals surface area contributed by atoms with Crippen molar-refractivity contribution in [2.24, 2.45) is 0 Å². The molecular formula is C18H22Cl2N6O. The molecule has 4 aromatic rings. The van der Waals surface area contributed by atoms with E-state index in [9.17, 15) is 5.11 Å². The fourth-order valence-electron chi connectivity index (χ4n) is 3.18. The number of para-hydroxylation sites is 1. The molecule has 3 aromatic heterocycles. The Morgan fingerprint density at radius 2 is 2.04 bits per heavy atom. The van der Waals surface area contributed by atoms with Gasteiger partial charge in [0.1, 0.15) is 0 Å². The van der Waals surface area contributed by atoms with Gasteiger partial charge in [0.25, 0.3) is 0 Å². The summed E-state index contributed by atoms with van der Waals surface area (Å²) in [5, 5.41) is 25.9. The largest absolute Gasteiger partial charge is 0.392 e. The van der Waals surface area contributed by atoms with Crippen molar-refractivity contribution in [3.8, 4) is 0 Å². The molecule has 3 heterocycles. The Labute approximate surface area is 169 Å². The van der Waals surface area contributed by atoms with Crippen LogP contribution in [0.3, 0.4) is 0 Å². The molecule has 0 aliphatic carbocycles. The third-order valence-electron chi connectivity index (χ3n) is 4.45. The fraction of sp³-hybridized carbons (Fsp3) is 0.278. The first-order valence-electron chi connectivity index (χ1n) is 8.33. The van der Waals surface area contributed by atoms with Crippen LogP contribution in [-0.2, 0) is 19.6 Å². The monoisotopic (exact) mass is 408 g/mol. The highest BCUT2D eigenvalue weighted by Crippen LogP contribution is 2.19. The van der Waals surface area contributed by atoms with E-state index in [2.05, 4.69) is 57.1 Å².